The quantitative estimate of drug-likeness (QED) is 0.872. The van der Waals surface area contributed by atoms with E-state index in [-0.39, 0.29) is 4.90 Å². The lowest BCUT2D eigenvalue weighted by atomic mass is 10.1. The smallest absolute Gasteiger partial charge is 0.269 e. The van der Waals surface area contributed by atoms with Crippen LogP contribution in [0.1, 0.15) is 22.5 Å². The normalized spacial score (nSPS) is 11.7. The SMILES string of the molecule is COc1c(C)cc(S(=O)(=O)n2ccnc2C)c(C)c1C. The molecule has 0 saturated heterocycles. The predicted octanol–water partition coefficient (Wildman–Crippen LogP) is 2.36. The lowest BCUT2D eigenvalue weighted by Gasteiger charge is -2.16. The van der Waals surface area contributed by atoms with Gasteiger partial charge in [-0.15, -0.1) is 0 Å². The van der Waals surface area contributed by atoms with E-state index in [0.717, 1.165) is 16.9 Å². The molecule has 0 amide bonds. The Hall–Kier alpha value is -1.82. The summed E-state index contributed by atoms with van der Waals surface area (Å²) in [5.74, 6) is 1.17. The van der Waals surface area contributed by atoms with Crippen LogP contribution in [0.5, 0.6) is 5.75 Å². The molecule has 2 aromatic rings. The van der Waals surface area contributed by atoms with Crippen LogP contribution in [-0.4, -0.2) is 24.5 Å². The summed E-state index contributed by atoms with van der Waals surface area (Å²) < 4.78 is 32.0. The minimum atomic E-state index is -3.63. The molecule has 0 fully saturated rings. The van der Waals surface area contributed by atoms with Gasteiger partial charge in [0.05, 0.1) is 12.0 Å². The van der Waals surface area contributed by atoms with Crippen LogP contribution in [0, 0.1) is 27.7 Å². The molecule has 1 heterocycles. The van der Waals surface area contributed by atoms with Gasteiger partial charge in [-0.05, 0) is 50.5 Å². The van der Waals surface area contributed by atoms with Crippen LogP contribution in [0.25, 0.3) is 0 Å². The Balaban J connectivity index is 2.75. The molecule has 1 aromatic heterocycles. The number of benzene rings is 1. The topological polar surface area (TPSA) is 61.2 Å². The van der Waals surface area contributed by atoms with Crippen molar-refractivity contribution in [2.24, 2.45) is 0 Å². The molecule has 2 rings (SSSR count). The van der Waals surface area contributed by atoms with Gasteiger partial charge < -0.3 is 4.74 Å². The third-order valence-electron chi connectivity index (χ3n) is 3.50. The summed E-state index contributed by atoms with van der Waals surface area (Å²) in [7, 11) is -2.04. The summed E-state index contributed by atoms with van der Waals surface area (Å²) in [5.41, 5.74) is 2.33. The zero-order valence-electron chi connectivity index (χ0n) is 12.3. The summed E-state index contributed by atoms with van der Waals surface area (Å²) >= 11 is 0. The van der Waals surface area contributed by atoms with Gasteiger partial charge in [-0.25, -0.2) is 17.4 Å². The third kappa shape index (κ3) is 2.10. The standard InChI is InChI=1S/C14H18N2O3S/c1-9-8-13(10(2)11(3)14(9)19-5)20(17,18)16-7-6-15-12(16)4/h6-8H,1-5H3. The molecule has 108 valence electrons. The first kappa shape index (κ1) is 14.6. The van der Waals surface area contributed by atoms with Gasteiger partial charge in [0.2, 0.25) is 0 Å². The molecule has 0 aliphatic heterocycles. The van der Waals surface area contributed by atoms with E-state index >= 15 is 0 Å². The highest BCUT2D eigenvalue weighted by Crippen LogP contribution is 2.31. The average Bonchev–Trinajstić information content (AvgIpc) is 2.81. The van der Waals surface area contributed by atoms with Crippen molar-refractivity contribution in [2.75, 3.05) is 7.11 Å². The molecule has 0 spiro atoms. The number of ether oxygens (including phenoxy) is 1. The minimum absolute atomic E-state index is 0.286. The second-order valence-electron chi connectivity index (χ2n) is 4.75. The summed E-state index contributed by atoms with van der Waals surface area (Å²) in [4.78, 5) is 4.26. The first-order valence-electron chi connectivity index (χ1n) is 6.21. The largest absolute Gasteiger partial charge is 0.496 e. The van der Waals surface area contributed by atoms with Crippen LogP contribution in [-0.2, 0) is 10.0 Å². The fourth-order valence-electron chi connectivity index (χ4n) is 2.33. The van der Waals surface area contributed by atoms with E-state index in [0.29, 0.717) is 11.4 Å². The Kier molecular flexibility index (Phi) is 3.60. The monoisotopic (exact) mass is 294 g/mol. The van der Waals surface area contributed by atoms with Crippen LogP contribution in [0.15, 0.2) is 23.4 Å². The van der Waals surface area contributed by atoms with Crippen LogP contribution in [0.4, 0.5) is 0 Å². The highest BCUT2D eigenvalue weighted by Gasteiger charge is 2.24. The lowest BCUT2D eigenvalue weighted by Crippen LogP contribution is -2.16. The van der Waals surface area contributed by atoms with Crippen LogP contribution >= 0.6 is 0 Å². The van der Waals surface area contributed by atoms with Crippen molar-refractivity contribution < 1.29 is 13.2 Å². The maximum absolute atomic E-state index is 12.7. The van der Waals surface area contributed by atoms with Crippen molar-refractivity contribution in [3.63, 3.8) is 0 Å². The first-order valence-corrected chi connectivity index (χ1v) is 7.65. The van der Waals surface area contributed by atoms with E-state index in [9.17, 15) is 8.42 Å². The Morgan fingerprint density at radius 1 is 1.15 bits per heavy atom. The Bertz CT molecular complexity index is 761. The van der Waals surface area contributed by atoms with E-state index in [1.165, 1.54) is 16.4 Å². The molecule has 0 N–H and O–H groups in total. The molecule has 0 aliphatic rings. The summed E-state index contributed by atoms with van der Waals surface area (Å²) in [6.45, 7) is 7.15. The fourth-order valence-corrected chi connectivity index (χ4v) is 4.02. The maximum atomic E-state index is 12.7. The van der Waals surface area contributed by atoms with E-state index < -0.39 is 10.0 Å². The van der Waals surface area contributed by atoms with Gasteiger partial charge in [-0.1, -0.05) is 0 Å². The Morgan fingerprint density at radius 3 is 2.30 bits per heavy atom. The van der Waals surface area contributed by atoms with Crippen molar-refractivity contribution >= 4 is 10.0 Å². The van der Waals surface area contributed by atoms with Crippen LogP contribution in [0.3, 0.4) is 0 Å². The number of rotatable bonds is 3. The molecule has 0 radical (unpaired) electrons. The van der Waals surface area contributed by atoms with Crippen molar-refractivity contribution in [1.82, 2.24) is 8.96 Å². The second-order valence-corrected chi connectivity index (χ2v) is 6.53. The zero-order valence-corrected chi connectivity index (χ0v) is 13.1. The van der Waals surface area contributed by atoms with Crippen LogP contribution < -0.4 is 4.74 Å². The van der Waals surface area contributed by atoms with E-state index in [1.54, 1.807) is 27.0 Å². The molecule has 1 aromatic carbocycles. The summed E-state index contributed by atoms with van der Waals surface area (Å²) in [6.07, 6.45) is 2.93. The number of hydrogen-bond acceptors (Lipinski definition) is 4. The van der Waals surface area contributed by atoms with Gasteiger partial charge in [0.1, 0.15) is 11.6 Å². The first-order chi connectivity index (χ1) is 9.30. The molecule has 0 saturated carbocycles. The van der Waals surface area contributed by atoms with E-state index in [2.05, 4.69) is 4.98 Å². The van der Waals surface area contributed by atoms with Crippen molar-refractivity contribution in [3.05, 3.63) is 41.0 Å². The number of hydrogen-bond donors (Lipinski definition) is 0. The van der Waals surface area contributed by atoms with Gasteiger partial charge >= 0.3 is 0 Å². The minimum Gasteiger partial charge on any atom is -0.496 e. The molecule has 0 bridgehead atoms. The molecule has 0 aliphatic carbocycles. The number of nitrogens with zero attached hydrogens (tertiary/aromatic N) is 2. The van der Waals surface area contributed by atoms with Gasteiger partial charge in [0.25, 0.3) is 10.0 Å². The van der Waals surface area contributed by atoms with E-state index in [4.69, 9.17) is 4.74 Å². The third-order valence-corrected chi connectivity index (χ3v) is 5.39. The van der Waals surface area contributed by atoms with Crippen molar-refractivity contribution in [2.45, 2.75) is 32.6 Å². The second kappa shape index (κ2) is 4.94. The van der Waals surface area contributed by atoms with Gasteiger partial charge in [0, 0.05) is 12.4 Å². The summed E-state index contributed by atoms with van der Waals surface area (Å²) in [5, 5.41) is 0. The Morgan fingerprint density at radius 2 is 1.80 bits per heavy atom. The molecular formula is C14H18N2O3S. The summed E-state index contributed by atoms with van der Waals surface area (Å²) in [6, 6.07) is 1.65. The molecule has 0 unspecified atom stereocenters. The molecule has 0 atom stereocenters. The average molecular weight is 294 g/mol. The highest BCUT2D eigenvalue weighted by atomic mass is 32.2. The van der Waals surface area contributed by atoms with Crippen LogP contribution in [0.2, 0.25) is 0 Å². The van der Waals surface area contributed by atoms with Gasteiger partial charge in [0.15, 0.2) is 0 Å². The number of methoxy groups -OCH3 is 1. The number of imidazole rings is 1. The van der Waals surface area contributed by atoms with Crippen molar-refractivity contribution in [3.8, 4) is 5.75 Å². The maximum Gasteiger partial charge on any atom is 0.269 e. The predicted molar refractivity (Wildman–Crippen MR) is 76.8 cm³/mol. The van der Waals surface area contributed by atoms with Gasteiger partial charge in [-0.3, -0.25) is 0 Å². The van der Waals surface area contributed by atoms with E-state index in [1.807, 2.05) is 13.8 Å². The molecule has 6 heteroatoms. The molecule has 5 nitrogen and oxygen atoms in total. The Labute approximate surface area is 119 Å². The number of aryl methyl sites for hydroxylation is 2. The van der Waals surface area contributed by atoms with Gasteiger partial charge in [-0.2, -0.15) is 0 Å². The van der Waals surface area contributed by atoms with Crippen molar-refractivity contribution in [1.29, 1.82) is 0 Å². The fraction of sp³-hybridized carbons (Fsp3) is 0.357. The zero-order chi connectivity index (χ0) is 15.1. The number of aromatic nitrogens is 2. The molecular weight excluding hydrogens is 276 g/mol. The molecule has 20 heavy (non-hydrogen) atoms. The lowest BCUT2D eigenvalue weighted by molar-refractivity contribution is 0.407. The highest BCUT2D eigenvalue weighted by molar-refractivity contribution is 7.90.